The third-order valence-corrected chi connectivity index (χ3v) is 5.22. The van der Waals surface area contributed by atoms with E-state index < -0.39 is 17.7 Å². The minimum absolute atomic E-state index is 0.0411. The average molecular weight is 429 g/mol. The highest BCUT2D eigenvalue weighted by Gasteiger charge is 2.46. The van der Waals surface area contributed by atoms with E-state index in [0.717, 1.165) is 6.42 Å². The number of carbonyl (C=O) groups is 2. The molecule has 0 saturated carbocycles. The van der Waals surface area contributed by atoms with Gasteiger partial charge in [0, 0.05) is 24.2 Å². The molecule has 7 nitrogen and oxygen atoms in total. The Bertz CT molecular complexity index is 1130. The molecule has 1 atom stereocenters. The second-order valence-electron chi connectivity index (χ2n) is 7.40. The first-order valence-electron chi connectivity index (χ1n) is 10.4. The Hall–Kier alpha value is -4.00. The number of hydrogen-bond donors (Lipinski definition) is 1. The zero-order valence-electron chi connectivity index (χ0n) is 17.6. The monoisotopic (exact) mass is 429 g/mol. The maximum absolute atomic E-state index is 13.0. The van der Waals surface area contributed by atoms with Gasteiger partial charge in [0.15, 0.2) is 0 Å². The Labute approximate surface area is 186 Å². The number of likely N-dealkylation sites (tertiary alicyclic amines) is 1. The molecule has 1 N–H and O–H groups in total. The van der Waals surface area contributed by atoms with Crippen molar-refractivity contribution in [2.75, 3.05) is 6.61 Å². The van der Waals surface area contributed by atoms with Crippen molar-refractivity contribution < 1.29 is 19.4 Å². The summed E-state index contributed by atoms with van der Waals surface area (Å²) < 4.78 is 5.59. The molecule has 3 heterocycles. The van der Waals surface area contributed by atoms with Gasteiger partial charge in [0.1, 0.15) is 11.5 Å². The number of benzene rings is 1. The first-order chi connectivity index (χ1) is 15.6. The van der Waals surface area contributed by atoms with Gasteiger partial charge in [-0.15, -0.1) is 0 Å². The van der Waals surface area contributed by atoms with E-state index in [9.17, 15) is 14.7 Å². The van der Waals surface area contributed by atoms with Crippen LogP contribution in [0.5, 0.6) is 5.75 Å². The van der Waals surface area contributed by atoms with Crippen LogP contribution in [-0.2, 0) is 16.1 Å². The maximum Gasteiger partial charge on any atom is 0.296 e. The number of ketones is 1. The van der Waals surface area contributed by atoms with Crippen molar-refractivity contribution >= 4 is 17.4 Å². The van der Waals surface area contributed by atoms with Gasteiger partial charge in [-0.1, -0.05) is 13.0 Å². The number of aromatic nitrogens is 2. The van der Waals surface area contributed by atoms with E-state index in [1.54, 1.807) is 67.1 Å². The number of carbonyl (C=O) groups excluding carboxylic acids is 2. The van der Waals surface area contributed by atoms with Crippen molar-refractivity contribution in [3.8, 4) is 5.75 Å². The van der Waals surface area contributed by atoms with Crippen molar-refractivity contribution in [2.24, 2.45) is 0 Å². The van der Waals surface area contributed by atoms with E-state index in [2.05, 4.69) is 9.97 Å². The molecule has 32 heavy (non-hydrogen) atoms. The molecule has 0 bridgehead atoms. The normalized spacial score (nSPS) is 17.5. The lowest BCUT2D eigenvalue weighted by Gasteiger charge is -2.25. The van der Waals surface area contributed by atoms with E-state index in [-0.39, 0.29) is 17.9 Å². The predicted molar refractivity (Wildman–Crippen MR) is 119 cm³/mol. The first kappa shape index (κ1) is 21.2. The Morgan fingerprint density at radius 1 is 1.03 bits per heavy atom. The van der Waals surface area contributed by atoms with Gasteiger partial charge >= 0.3 is 0 Å². The quantitative estimate of drug-likeness (QED) is 0.348. The van der Waals surface area contributed by atoms with Crippen LogP contribution in [0.15, 0.2) is 78.8 Å². The molecule has 1 aliphatic rings. The molecule has 4 rings (SSSR count). The van der Waals surface area contributed by atoms with Gasteiger partial charge in [0.05, 0.1) is 30.5 Å². The number of amides is 1. The molecule has 1 saturated heterocycles. The molecule has 1 fully saturated rings. The highest BCUT2D eigenvalue weighted by molar-refractivity contribution is 6.46. The Morgan fingerprint density at radius 2 is 1.78 bits per heavy atom. The van der Waals surface area contributed by atoms with Gasteiger partial charge in [-0.3, -0.25) is 19.6 Å². The van der Waals surface area contributed by atoms with Crippen LogP contribution in [0.1, 0.15) is 36.2 Å². The fourth-order valence-electron chi connectivity index (χ4n) is 3.69. The van der Waals surface area contributed by atoms with Crippen LogP contribution >= 0.6 is 0 Å². The van der Waals surface area contributed by atoms with Gasteiger partial charge in [-0.05, 0) is 60.5 Å². The number of aliphatic hydroxyl groups excluding tert-OH is 1. The Balaban J connectivity index is 1.76. The third-order valence-electron chi connectivity index (χ3n) is 5.22. The number of Topliss-reactive ketones (excluding diaryl/α,β-unsaturated/α-hetero) is 1. The zero-order valence-corrected chi connectivity index (χ0v) is 17.6. The molecule has 3 aromatic rings. The predicted octanol–water partition coefficient (Wildman–Crippen LogP) is 3.89. The Morgan fingerprint density at radius 3 is 2.44 bits per heavy atom. The van der Waals surface area contributed by atoms with Crippen LogP contribution in [-0.4, -0.2) is 38.3 Å². The van der Waals surface area contributed by atoms with Crippen molar-refractivity contribution in [1.29, 1.82) is 0 Å². The van der Waals surface area contributed by atoms with Gasteiger partial charge in [0.25, 0.3) is 11.7 Å². The molecule has 162 valence electrons. The number of aliphatic hydroxyl groups is 1. The number of rotatable bonds is 7. The SMILES string of the molecule is CCCOc1ccc(/C(O)=C2\C(=O)C(=O)N(Cc3ccccn3)C2c2ccncc2)cc1. The molecule has 1 aliphatic heterocycles. The lowest BCUT2D eigenvalue weighted by atomic mass is 9.96. The van der Waals surface area contributed by atoms with Gasteiger partial charge < -0.3 is 14.7 Å². The topological polar surface area (TPSA) is 92.6 Å². The van der Waals surface area contributed by atoms with Crippen LogP contribution in [0.2, 0.25) is 0 Å². The molecule has 1 aromatic carbocycles. The summed E-state index contributed by atoms with van der Waals surface area (Å²) >= 11 is 0. The average Bonchev–Trinajstić information content (AvgIpc) is 3.09. The van der Waals surface area contributed by atoms with E-state index in [0.29, 0.717) is 29.2 Å². The third kappa shape index (κ3) is 4.23. The van der Waals surface area contributed by atoms with E-state index in [1.165, 1.54) is 4.90 Å². The fraction of sp³-hybridized carbons (Fsp3) is 0.200. The summed E-state index contributed by atoms with van der Waals surface area (Å²) in [6.07, 6.45) is 5.70. The first-order valence-corrected chi connectivity index (χ1v) is 10.4. The number of nitrogens with zero attached hydrogens (tertiary/aromatic N) is 3. The second-order valence-corrected chi connectivity index (χ2v) is 7.40. The summed E-state index contributed by atoms with van der Waals surface area (Å²) in [4.78, 5) is 35.8. The molecule has 1 unspecified atom stereocenters. The summed E-state index contributed by atoms with van der Waals surface area (Å²) in [6, 6.07) is 14.9. The summed E-state index contributed by atoms with van der Waals surface area (Å²) in [5.74, 6) is -0.964. The van der Waals surface area contributed by atoms with Crippen LogP contribution in [0, 0.1) is 0 Å². The number of pyridine rings is 2. The van der Waals surface area contributed by atoms with E-state index in [4.69, 9.17) is 4.74 Å². The summed E-state index contributed by atoms with van der Waals surface area (Å²) in [7, 11) is 0. The zero-order chi connectivity index (χ0) is 22.5. The smallest absolute Gasteiger partial charge is 0.296 e. The van der Waals surface area contributed by atoms with Crippen LogP contribution in [0.3, 0.4) is 0 Å². The minimum Gasteiger partial charge on any atom is -0.507 e. The lowest BCUT2D eigenvalue weighted by Crippen LogP contribution is -2.29. The molecule has 0 aliphatic carbocycles. The number of hydrogen-bond acceptors (Lipinski definition) is 6. The second kappa shape index (κ2) is 9.43. The van der Waals surface area contributed by atoms with Crippen LogP contribution < -0.4 is 4.74 Å². The summed E-state index contributed by atoms with van der Waals surface area (Å²) in [5, 5.41) is 11.1. The van der Waals surface area contributed by atoms with E-state index in [1.807, 2.05) is 13.0 Å². The van der Waals surface area contributed by atoms with Crippen molar-refractivity contribution in [1.82, 2.24) is 14.9 Å². The van der Waals surface area contributed by atoms with Crippen molar-refractivity contribution in [3.63, 3.8) is 0 Å². The highest BCUT2D eigenvalue weighted by Crippen LogP contribution is 2.40. The van der Waals surface area contributed by atoms with Gasteiger partial charge in [-0.2, -0.15) is 0 Å². The van der Waals surface area contributed by atoms with Gasteiger partial charge in [0.2, 0.25) is 0 Å². The molecule has 0 spiro atoms. The Kier molecular flexibility index (Phi) is 6.26. The highest BCUT2D eigenvalue weighted by atomic mass is 16.5. The molecular formula is C25H23N3O4. The summed E-state index contributed by atoms with van der Waals surface area (Å²) in [6.45, 7) is 2.74. The van der Waals surface area contributed by atoms with E-state index >= 15 is 0 Å². The molecule has 1 amide bonds. The molecule has 0 radical (unpaired) electrons. The van der Waals surface area contributed by atoms with Crippen LogP contribution in [0.4, 0.5) is 0 Å². The molecular weight excluding hydrogens is 406 g/mol. The molecule has 2 aromatic heterocycles. The lowest BCUT2D eigenvalue weighted by molar-refractivity contribution is -0.140. The van der Waals surface area contributed by atoms with Crippen molar-refractivity contribution in [2.45, 2.75) is 25.9 Å². The van der Waals surface area contributed by atoms with Gasteiger partial charge in [-0.25, -0.2) is 0 Å². The fourth-order valence-corrected chi connectivity index (χ4v) is 3.69. The maximum atomic E-state index is 13.0. The van der Waals surface area contributed by atoms with Crippen LogP contribution in [0.25, 0.3) is 5.76 Å². The minimum atomic E-state index is -0.754. The largest absolute Gasteiger partial charge is 0.507 e. The standard InChI is InChI=1S/C25H23N3O4/c1-2-15-32-20-8-6-18(7-9-20)23(29)21-22(17-10-13-26-14-11-17)28(25(31)24(21)30)16-19-5-3-4-12-27-19/h3-14,22,29H,2,15-16H2,1H3/b23-21+. The van der Waals surface area contributed by atoms with Crippen molar-refractivity contribution in [3.05, 3.63) is 95.6 Å². The summed E-state index contributed by atoms with van der Waals surface area (Å²) in [5.41, 5.74) is 1.80. The number of ether oxygens (including phenoxy) is 1. The molecule has 7 heteroatoms.